The van der Waals surface area contributed by atoms with Crippen molar-refractivity contribution >= 4 is 39.2 Å². The van der Waals surface area contributed by atoms with Gasteiger partial charge in [0.05, 0.1) is 4.62 Å². The third-order valence-electron chi connectivity index (χ3n) is 4.25. The Morgan fingerprint density at radius 2 is 1.50 bits per heavy atom. The Morgan fingerprint density at radius 1 is 0.750 bits per heavy atom. The van der Waals surface area contributed by atoms with E-state index < -0.39 is 7.14 Å². The van der Waals surface area contributed by atoms with Crippen LogP contribution in [0.4, 0.5) is 0 Å². The maximum atomic E-state index is 14.0. The summed E-state index contributed by atoms with van der Waals surface area (Å²) in [6, 6.07) is 28.6. The van der Waals surface area contributed by atoms with Crippen molar-refractivity contribution in [2.45, 2.75) is 6.16 Å². The normalized spacial score (nSPS) is 13.7. The molecule has 1 heterocycles. The van der Waals surface area contributed by atoms with E-state index in [1.54, 1.807) is 11.3 Å². The smallest absolute Gasteiger partial charge is 0.156 e. The van der Waals surface area contributed by atoms with Gasteiger partial charge in [0.25, 0.3) is 0 Å². The van der Waals surface area contributed by atoms with Crippen molar-refractivity contribution in [1.29, 1.82) is 0 Å². The molecule has 3 heteroatoms. The summed E-state index contributed by atoms with van der Waals surface area (Å²) in [6.45, 7) is 0. The molecule has 118 valence electrons. The van der Waals surface area contributed by atoms with Crippen molar-refractivity contribution in [2.75, 3.05) is 0 Å². The molecule has 24 heavy (non-hydrogen) atoms. The third-order valence-corrected chi connectivity index (χ3v) is 8.93. The fraction of sp³-hybridized carbons (Fsp3) is 0.0476. The first-order valence-corrected chi connectivity index (χ1v) is 10.7. The minimum absolute atomic E-state index is 0.558. The largest absolute Gasteiger partial charge is 0.312 e. The van der Waals surface area contributed by atoms with Crippen molar-refractivity contribution in [3.8, 4) is 0 Å². The minimum atomic E-state index is -2.66. The zero-order valence-corrected chi connectivity index (χ0v) is 14.8. The van der Waals surface area contributed by atoms with E-state index in [1.807, 2.05) is 60.0 Å². The van der Waals surface area contributed by atoms with Gasteiger partial charge in [-0.2, -0.15) is 0 Å². The first-order valence-electron chi connectivity index (χ1n) is 7.92. The van der Waals surface area contributed by atoms with Gasteiger partial charge in [0, 0.05) is 11.5 Å². The Morgan fingerprint density at radius 3 is 2.25 bits per heavy atom. The van der Waals surface area contributed by atoms with Crippen LogP contribution in [0, 0.1) is 0 Å². The molecule has 3 aromatic carbocycles. The van der Waals surface area contributed by atoms with Crippen molar-refractivity contribution in [1.82, 2.24) is 0 Å². The van der Waals surface area contributed by atoms with Gasteiger partial charge in [0.15, 0.2) is 7.14 Å². The Hall–Kier alpha value is -2.15. The predicted molar refractivity (Wildman–Crippen MR) is 105 cm³/mol. The first kappa shape index (κ1) is 15.4. The SMILES string of the molecule is O=P(Cc1ccc2ccccc2c1)(c1ccccc1)c1cccs1. The van der Waals surface area contributed by atoms with Gasteiger partial charge in [-0.05, 0) is 27.8 Å². The van der Waals surface area contributed by atoms with Crippen LogP contribution in [0.25, 0.3) is 10.8 Å². The van der Waals surface area contributed by atoms with Crippen LogP contribution in [-0.2, 0) is 10.7 Å². The fourth-order valence-electron chi connectivity index (χ4n) is 3.03. The highest BCUT2D eigenvalue weighted by Gasteiger charge is 2.28. The quantitative estimate of drug-likeness (QED) is 0.450. The Balaban J connectivity index is 1.81. The van der Waals surface area contributed by atoms with Crippen LogP contribution in [-0.4, -0.2) is 0 Å². The van der Waals surface area contributed by atoms with E-state index in [2.05, 4.69) is 30.3 Å². The third kappa shape index (κ3) is 2.84. The van der Waals surface area contributed by atoms with Crippen LogP contribution in [0.3, 0.4) is 0 Å². The van der Waals surface area contributed by atoms with Crippen LogP contribution in [0.1, 0.15) is 5.56 Å². The van der Waals surface area contributed by atoms with Crippen molar-refractivity contribution < 1.29 is 4.57 Å². The Bertz CT molecular complexity index is 1010. The molecule has 0 aliphatic carbocycles. The summed E-state index contributed by atoms with van der Waals surface area (Å²) < 4.78 is 15.0. The molecule has 0 aliphatic heterocycles. The van der Waals surface area contributed by atoms with Gasteiger partial charge in [-0.25, -0.2) is 0 Å². The summed E-state index contributed by atoms with van der Waals surface area (Å²) in [5.41, 5.74) is 1.12. The fourth-order valence-corrected chi connectivity index (χ4v) is 7.15. The maximum absolute atomic E-state index is 14.0. The summed E-state index contributed by atoms with van der Waals surface area (Å²) in [5, 5.41) is 5.35. The van der Waals surface area contributed by atoms with E-state index in [0.29, 0.717) is 6.16 Å². The molecule has 1 nitrogen and oxygen atoms in total. The van der Waals surface area contributed by atoms with Crippen LogP contribution in [0.15, 0.2) is 90.3 Å². The predicted octanol–water partition coefficient (Wildman–Crippen LogP) is 5.42. The van der Waals surface area contributed by atoms with Crippen LogP contribution < -0.4 is 9.92 Å². The summed E-state index contributed by atoms with van der Waals surface area (Å²) in [4.78, 5) is 0. The second-order valence-corrected chi connectivity index (χ2v) is 9.91. The number of hydrogen-bond donors (Lipinski definition) is 0. The average molecular weight is 348 g/mol. The standard InChI is InChI=1S/C21H17OPS/c22-23(21-11-6-14-24-21,20-9-2-1-3-10-20)16-17-12-13-18-7-4-5-8-19(18)15-17/h1-15H,16H2. The average Bonchev–Trinajstić information content (AvgIpc) is 3.18. The van der Waals surface area contributed by atoms with Gasteiger partial charge in [-0.3, -0.25) is 0 Å². The van der Waals surface area contributed by atoms with E-state index in [-0.39, 0.29) is 0 Å². The highest BCUT2D eigenvalue weighted by atomic mass is 32.1. The molecule has 1 unspecified atom stereocenters. The van der Waals surface area contributed by atoms with Crippen LogP contribution in [0.5, 0.6) is 0 Å². The topological polar surface area (TPSA) is 17.1 Å². The number of thiophene rings is 1. The Labute approximate surface area is 146 Å². The molecule has 0 aliphatic rings. The zero-order valence-electron chi connectivity index (χ0n) is 13.1. The van der Waals surface area contributed by atoms with E-state index in [4.69, 9.17) is 0 Å². The second-order valence-electron chi connectivity index (χ2n) is 5.87. The number of fused-ring (bicyclic) bond motifs is 1. The molecule has 0 amide bonds. The molecule has 4 aromatic rings. The van der Waals surface area contributed by atoms with Gasteiger partial charge in [-0.15, -0.1) is 11.3 Å². The molecule has 0 fully saturated rings. The van der Waals surface area contributed by atoms with E-state index in [1.165, 1.54) is 10.8 Å². The molecule has 4 rings (SSSR count). The highest BCUT2D eigenvalue weighted by molar-refractivity contribution is 7.82. The lowest BCUT2D eigenvalue weighted by molar-refractivity contribution is 0.587. The van der Waals surface area contributed by atoms with Gasteiger partial charge in [-0.1, -0.05) is 78.9 Å². The van der Waals surface area contributed by atoms with Gasteiger partial charge in [0.2, 0.25) is 0 Å². The molecule has 0 saturated carbocycles. The lowest BCUT2D eigenvalue weighted by Gasteiger charge is -2.18. The number of hydrogen-bond acceptors (Lipinski definition) is 2. The first-order chi connectivity index (χ1) is 11.8. The molecule has 0 radical (unpaired) electrons. The molecular formula is C21H17OPS. The molecule has 0 bridgehead atoms. The summed E-state index contributed by atoms with van der Waals surface area (Å²) in [5.74, 6) is 0. The maximum Gasteiger partial charge on any atom is 0.156 e. The van der Waals surface area contributed by atoms with Crippen LogP contribution >= 0.6 is 18.5 Å². The summed E-state index contributed by atoms with van der Waals surface area (Å²) in [7, 11) is -2.66. The summed E-state index contributed by atoms with van der Waals surface area (Å²) in [6.07, 6.45) is 0.558. The number of rotatable bonds is 4. The van der Waals surface area contributed by atoms with E-state index in [9.17, 15) is 4.57 Å². The molecule has 1 atom stereocenters. The Kier molecular flexibility index (Phi) is 4.10. The van der Waals surface area contributed by atoms with E-state index in [0.717, 1.165) is 15.5 Å². The number of benzene rings is 3. The zero-order chi connectivity index (χ0) is 16.4. The molecule has 0 saturated heterocycles. The molecular weight excluding hydrogens is 331 g/mol. The highest BCUT2D eigenvalue weighted by Crippen LogP contribution is 2.48. The van der Waals surface area contributed by atoms with E-state index >= 15 is 0 Å². The molecule has 0 N–H and O–H groups in total. The molecule has 0 spiro atoms. The lowest BCUT2D eigenvalue weighted by atomic mass is 10.1. The van der Waals surface area contributed by atoms with Gasteiger partial charge < -0.3 is 4.57 Å². The lowest BCUT2D eigenvalue weighted by Crippen LogP contribution is -2.15. The minimum Gasteiger partial charge on any atom is -0.312 e. The van der Waals surface area contributed by atoms with Crippen molar-refractivity contribution in [2.24, 2.45) is 0 Å². The van der Waals surface area contributed by atoms with Crippen LogP contribution in [0.2, 0.25) is 0 Å². The van der Waals surface area contributed by atoms with Crippen molar-refractivity contribution in [3.63, 3.8) is 0 Å². The molecule has 1 aromatic heterocycles. The summed E-state index contributed by atoms with van der Waals surface area (Å²) >= 11 is 1.58. The van der Waals surface area contributed by atoms with Gasteiger partial charge in [0.1, 0.15) is 0 Å². The van der Waals surface area contributed by atoms with Crippen molar-refractivity contribution in [3.05, 3.63) is 95.9 Å². The van der Waals surface area contributed by atoms with Gasteiger partial charge >= 0.3 is 0 Å². The monoisotopic (exact) mass is 348 g/mol. The second kappa shape index (κ2) is 6.39.